The molecule has 0 atom stereocenters. The Balaban J connectivity index is 1.91. The van der Waals surface area contributed by atoms with Crippen molar-refractivity contribution in [1.82, 2.24) is 9.97 Å². The molecule has 3 rings (SSSR count). The lowest BCUT2D eigenvalue weighted by molar-refractivity contribution is 1.16. The van der Waals surface area contributed by atoms with Crippen LogP contribution in [0.4, 0.5) is 28.7 Å². The standard InChI is InChI=1S/C20H23N5/c1-12-8-9-16(14(3)10-12)24-19-18(21)20(23-11-22-19)25-17-7-5-6-13(2)15(17)4/h5-11H,21H2,1-4H3,(H2,22,23,24,25). The Bertz CT molecular complexity index is 918. The lowest BCUT2D eigenvalue weighted by Crippen LogP contribution is -2.06. The molecule has 4 N–H and O–H groups in total. The smallest absolute Gasteiger partial charge is 0.159 e. The molecule has 0 bridgehead atoms. The van der Waals surface area contributed by atoms with Crippen molar-refractivity contribution in [3.05, 3.63) is 65.0 Å². The van der Waals surface area contributed by atoms with E-state index in [1.165, 1.54) is 23.0 Å². The third-order valence-electron chi connectivity index (χ3n) is 4.38. The van der Waals surface area contributed by atoms with Crippen molar-refractivity contribution in [1.29, 1.82) is 0 Å². The van der Waals surface area contributed by atoms with E-state index in [2.05, 4.69) is 66.5 Å². The molecule has 0 aliphatic rings. The number of hydrogen-bond acceptors (Lipinski definition) is 5. The van der Waals surface area contributed by atoms with Crippen molar-refractivity contribution < 1.29 is 0 Å². The first kappa shape index (κ1) is 16.8. The van der Waals surface area contributed by atoms with Crippen LogP contribution in [0, 0.1) is 27.7 Å². The molecule has 0 spiro atoms. The molecule has 0 radical (unpaired) electrons. The number of nitrogens with two attached hydrogens (primary N) is 1. The Kier molecular flexibility index (Phi) is 4.57. The summed E-state index contributed by atoms with van der Waals surface area (Å²) in [5, 5.41) is 6.62. The van der Waals surface area contributed by atoms with Gasteiger partial charge in [-0.15, -0.1) is 0 Å². The monoisotopic (exact) mass is 333 g/mol. The Morgan fingerprint density at radius 2 is 1.48 bits per heavy atom. The molecule has 5 heteroatoms. The predicted molar refractivity (Wildman–Crippen MR) is 105 cm³/mol. The first-order valence-electron chi connectivity index (χ1n) is 8.23. The maximum Gasteiger partial charge on any atom is 0.159 e. The zero-order valence-corrected chi connectivity index (χ0v) is 15.0. The van der Waals surface area contributed by atoms with E-state index in [4.69, 9.17) is 5.73 Å². The third-order valence-corrected chi connectivity index (χ3v) is 4.38. The largest absolute Gasteiger partial charge is 0.393 e. The minimum atomic E-state index is 0.489. The summed E-state index contributed by atoms with van der Waals surface area (Å²) in [6, 6.07) is 12.3. The van der Waals surface area contributed by atoms with E-state index in [0.29, 0.717) is 17.3 Å². The molecule has 0 aliphatic heterocycles. The summed E-state index contributed by atoms with van der Waals surface area (Å²) in [7, 11) is 0. The van der Waals surface area contributed by atoms with Crippen LogP contribution in [-0.2, 0) is 0 Å². The van der Waals surface area contributed by atoms with Crippen molar-refractivity contribution in [2.75, 3.05) is 16.4 Å². The van der Waals surface area contributed by atoms with Crippen molar-refractivity contribution in [2.24, 2.45) is 0 Å². The minimum Gasteiger partial charge on any atom is -0.393 e. The van der Waals surface area contributed by atoms with Gasteiger partial charge in [-0.25, -0.2) is 9.97 Å². The zero-order valence-electron chi connectivity index (χ0n) is 15.0. The second-order valence-corrected chi connectivity index (χ2v) is 6.30. The van der Waals surface area contributed by atoms with Gasteiger partial charge in [0, 0.05) is 11.4 Å². The van der Waals surface area contributed by atoms with Crippen LogP contribution in [0.5, 0.6) is 0 Å². The van der Waals surface area contributed by atoms with Gasteiger partial charge in [-0.2, -0.15) is 0 Å². The lowest BCUT2D eigenvalue weighted by Gasteiger charge is -2.15. The van der Waals surface area contributed by atoms with Gasteiger partial charge in [-0.3, -0.25) is 0 Å². The first-order chi connectivity index (χ1) is 12.0. The molecule has 0 unspecified atom stereocenters. The second kappa shape index (κ2) is 6.81. The van der Waals surface area contributed by atoms with Crippen LogP contribution in [0.15, 0.2) is 42.7 Å². The normalized spacial score (nSPS) is 10.6. The van der Waals surface area contributed by atoms with Gasteiger partial charge in [0.15, 0.2) is 11.6 Å². The lowest BCUT2D eigenvalue weighted by atomic mass is 10.1. The van der Waals surface area contributed by atoms with E-state index in [0.717, 1.165) is 16.9 Å². The van der Waals surface area contributed by atoms with Crippen molar-refractivity contribution in [3.63, 3.8) is 0 Å². The summed E-state index contributed by atoms with van der Waals surface area (Å²) < 4.78 is 0. The van der Waals surface area contributed by atoms with Gasteiger partial charge in [0.25, 0.3) is 0 Å². The number of nitrogens with zero attached hydrogens (tertiary/aromatic N) is 2. The zero-order chi connectivity index (χ0) is 18.0. The topological polar surface area (TPSA) is 75.9 Å². The second-order valence-electron chi connectivity index (χ2n) is 6.30. The van der Waals surface area contributed by atoms with E-state index in [1.807, 2.05) is 18.2 Å². The Morgan fingerprint density at radius 1 is 0.800 bits per heavy atom. The number of aryl methyl sites for hydroxylation is 3. The Morgan fingerprint density at radius 3 is 2.16 bits per heavy atom. The van der Waals surface area contributed by atoms with E-state index < -0.39 is 0 Å². The highest BCUT2D eigenvalue weighted by Gasteiger charge is 2.11. The molecule has 1 aromatic heterocycles. The first-order valence-corrected chi connectivity index (χ1v) is 8.23. The number of nitrogens with one attached hydrogen (secondary N) is 2. The van der Waals surface area contributed by atoms with Gasteiger partial charge < -0.3 is 16.4 Å². The molecule has 5 nitrogen and oxygen atoms in total. The van der Waals surface area contributed by atoms with Crippen molar-refractivity contribution >= 4 is 28.7 Å². The maximum absolute atomic E-state index is 6.30. The maximum atomic E-state index is 6.30. The number of rotatable bonds is 4. The molecule has 1 heterocycles. The van der Waals surface area contributed by atoms with Gasteiger partial charge in [0.1, 0.15) is 12.0 Å². The van der Waals surface area contributed by atoms with Crippen molar-refractivity contribution in [2.45, 2.75) is 27.7 Å². The molecule has 0 amide bonds. The van der Waals surface area contributed by atoms with E-state index in [9.17, 15) is 0 Å². The number of anilines is 5. The summed E-state index contributed by atoms with van der Waals surface area (Å²) in [4.78, 5) is 8.59. The molecule has 3 aromatic rings. The molecule has 0 saturated heterocycles. The van der Waals surface area contributed by atoms with Crippen LogP contribution in [-0.4, -0.2) is 9.97 Å². The summed E-state index contributed by atoms with van der Waals surface area (Å²) in [5.41, 5.74) is 13.5. The van der Waals surface area contributed by atoms with Crippen LogP contribution in [0.3, 0.4) is 0 Å². The SMILES string of the molecule is Cc1ccc(Nc2ncnc(Nc3cccc(C)c3C)c2N)c(C)c1. The highest BCUT2D eigenvalue weighted by molar-refractivity contribution is 5.81. The summed E-state index contributed by atoms with van der Waals surface area (Å²) in [6.07, 6.45) is 1.51. The highest BCUT2D eigenvalue weighted by Crippen LogP contribution is 2.30. The Labute approximate surface area is 148 Å². The third kappa shape index (κ3) is 3.55. The van der Waals surface area contributed by atoms with Crippen LogP contribution < -0.4 is 16.4 Å². The molecule has 0 saturated carbocycles. The molecule has 2 aromatic carbocycles. The number of nitrogen functional groups attached to an aromatic ring is 1. The predicted octanol–water partition coefficient (Wildman–Crippen LogP) is 4.78. The fourth-order valence-electron chi connectivity index (χ4n) is 2.69. The van der Waals surface area contributed by atoms with Gasteiger partial charge in [-0.05, 0) is 56.5 Å². The molecule has 0 fully saturated rings. The summed E-state index contributed by atoms with van der Waals surface area (Å²) in [6.45, 7) is 8.28. The molecular formula is C20H23N5. The van der Waals surface area contributed by atoms with E-state index in [1.54, 1.807) is 0 Å². The molecule has 25 heavy (non-hydrogen) atoms. The average Bonchev–Trinajstić information content (AvgIpc) is 2.57. The van der Waals surface area contributed by atoms with Gasteiger partial charge in [0.2, 0.25) is 0 Å². The minimum absolute atomic E-state index is 0.489. The quantitative estimate of drug-likeness (QED) is 0.640. The average molecular weight is 333 g/mol. The highest BCUT2D eigenvalue weighted by atomic mass is 15.1. The van der Waals surface area contributed by atoms with Gasteiger partial charge >= 0.3 is 0 Å². The fourth-order valence-corrected chi connectivity index (χ4v) is 2.69. The number of benzene rings is 2. The molecular weight excluding hydrogens is 310 g/mol. The fraction of sp³-hybridized carbons (Fsp3) is 0.200. The van der Waals surface area contributed by atoms with Gasteiger partial charge in [-0.1, -0.05) is 29.8 Å². The van der Waals surface area contributed by atoms with Crippen molar-refractivity contribution in [3.8, 4) is 0 Å². The molecule has 128 valence electrons. The summed E-state index contributed by atoms with van der Waals surface area (Å²) >= 11 is 0. The Hall–Kier alpha value is -3.08. The molecule has 0 aliphatic carbocycles. The van der Waals surface area contributed by atoms with E-state index >= 15 is 0 Å². The number of hydrogen-bond donors (Lipinski definition) is 3. The van der Waals surface area contributed by atoms with Gasteiger partial charge in [0.05, 0.1) is 0 Å². The van der Waals surface area contributed by atoms with Crippen LogP contribution in [0.2, 0.25) is 0 Å². The van der Waals surface area contributed by atoms with E-state index in [-0.39, 0.29) is 0 Å². The van der Waals surface area contributed by atoms with Crippen LogP contribution >= 0.6 is 0 Å². The summed E-state index contributed by atoms with van der Waals surface area (Å²) in [5.74, 6) is 1.19. The van der Waals surface area contributed by atoms with Crippen LogP contribution in [0.25, 0.3) is 0 Å². The van der Waals surface area contributed by atoms with Crippen LogP contribution in [0.1, 0.15) is 22.3 Å². The number of aromatic nitrogens is 2.